The molecule has 0 N–H and O–H groups in total. The maximum atomic E-state index is 8.49. The fourth-order valence-corrected chi connectivity index (χ4v) is 1.82. The van der Waals surface area contributed by atoms with E-state index in [1.54, 1.807) is 0 Å². The monoisotopic (exact) mass is 265 g/mol. The number of benzene rings is 1. The first-order valence-electron chi connectivity index (χ1n) is 8.06. The van der Waals surface area contributed by atoms with Crippen LogP contribution in [0.25, 0.3) is 0 Å². The molecule has 0 aliphatic carbocycles. The second-order valence-electron chi connectivity index (χ2n) is 4.76. The van der Waals surface area contributed by atoms with Gasteiger partial charge in [-0.15, -0.1) is 0 Å². The topological polar surface area (TPSA) is 18.5 Å². The predicted molar refractivity (Wildman–Crippen MR) is 80.1 cm³/mol. The van der Waals surface area contributed by atoms with E-state index in [1.807, 2.05) is 30.3 Å². The number of ether oxygens (including phenoxy) is 2. The van der Waals surface area contributed by atoms with Crippen molar-refractivity contribution in [2.45, 2.75) is 58.6 Å². The molecule has 0 amide bonds. The fourth-order valence-electron chi connectivity index (χ4n) is 1.82. The molecule has 0 radical (unpaired) electrons. The molecule has 0 heterocycles. The zero-order valence-corrected chi connectivity index (χ0v) is 12.4. The van der Waals surface area contributed by atoms with Crippen LogP contribution in [0.3, 0.4) is 0 Å². The molecule has 0 aliphatic heterocycles. The van der Waals surface area contributed by atoms with E-state index in [1.165, 1.54) is 0 Å². The molecule has 1 aromatic carbocycles. The third-order valence-electron chi connectivity index (χ3n) is 2.97. The molecule has 0 unspecified atom stereocenters. The lowest BCUT2D eigenvalue weighted by molar-refractivity contribution is -0.148. The fraction of sp³-hybridized carbons (Fsp3) is 0.647. The highest BCUT2D eigenvalue weighted by atomic mass is 16.7. The average Bonchev–Trinajstić information content (AvgIpc) is 2.49. The number of rotatable bonds is 11. The van der Waals surface area contributed by atoms with E-state index in [-0.39, 0.29) is 0 Å². The molecule has 1 aromatic rings. The van der Waals surface area contributed by atoms with E-state index < -0.39 is 6.27 Å². The molecule has 0 bridgehead atoms. The minimum atomic E-state index is -1.36. The molecule has 0 atom stereocenters. The number of hydrogen-bond acceptors (Lipinski definition) is 2. The van der Waals surface area contributed by atoms with E-state index in [0.717, 1.165) is 44.1 Å². The van der Waals surface area contributed by atoms with E-state index >= 15 is 0 Å². The molecule has 0 spiro atoms. The Morgan fingerprint density at radius 3 is 1.89 bits per heavy atom. The predicted octanol–water partition coefficient (Wildman–Crippen LogP) is 5.10. The van der Waals surface area contributed by atoms with E-state index in [9.17, 15) is 0 Å². The molecular formula is C17H28O2. The first kappa shape index (κ1) is 14.5. The standard InChI is InChI=1S/C17H28O2/c1-3-5-10-14-18-17(19-15-11-6-4-2)16-12-8-7-9-13-16/h7-9,12-13,17H,3-6,10-11,14-15H2,1-2H3/i17D. The van der Waals surface area contributed by atoms with Crippen LogP contribution in [0.5, 0.6) is 0 Å². The van der Waals surface area contributed by atoms with Gasteiger partial charge in [-0.2, -0.15) is 0 Å². The summed E-state index contributed by atoms with van der Waals surface area (Å²) in [4.78, 5) is 0. The van der Waals surface area contributed by atoms with Crippen molar-refractivity contribution in [3.8, 4) is 0 Å². The van der Waals surface area contributed by atoms with Gasteiger partial charge in [0.2, 0.25) is 0 Å². The highest BCUT2D eigenvalue weighted by Crippen LogP contribution is 2.19. The molecule has 19 heavy (non-hydrogen) atoms. The van der Waals surface area contributed by atoms with Crippen LogP contribution in [-0.2, 0) is 9.47 Å². The van der Waals surface area contributed by atoms with Gasteiger partial charge in [-0.3, -0.25) is 0 Å². The second kappa shape index (κ2) is 11.0. The van der Waals surface area contributed by atoms with Gasteiger partial charge >= 0.3 is 0 Å². The van der Waals surface area contributed by atoms with Crippen LogP contribution in [0.15, 0.2) is 30.3 Å². The molecule has 2 nitrogen and oxygen atoms in total. The Hall–Kier alpha value is -0.860. The molecule has 0 saturated carbocycles. The van der Waals surface area contributed by atoms with Gasteiger partial charge in [-0.1, -0.05) is 69.9 Å². The Balaban J connectivity index is 2.57. The van der Waals surface area contributed by atoms with Gasteiger partial charge in [-0.25, -0.2) is 0 Å². The molecular weight excluding hydrogens is 236 g/mol. The van der Waals surface area contributed by atoms with Crippen molar-refractivity contribution >= 4 is 0 Å². The first-order chi connectivity index (χ1) is 9.73. The van der Waals surface area contributed by atoms with Crippen molar-refractivity contribution in [2.75, 3.05) is 13.2 Å². The van der Waals surface area contributed by atoms with Crippen molar-refractivity contribution in [3.05, 3.63) is 35.9 Å². The zero-order chi connectivity index (χ0) is 14.7. The third-order valence-corrected chi connectivity index (χ3v) is 2.97. The summed E-state index contributed by atoms with van der Waals surface area (Å²) < 4.78 is 20.0. The quantitative estimate of drug-likeness (QED) is 0.409. The van der Waals surface area contributed by atoms with Crippen LogP contribution in [-0.4, -0.2) is 13.2 Å². The van der Waals surface area contributed by atoms with Gasteiger partial charge in [0.05, 0.1) is 14.6 Å². The average molecular weight is 265 g/mol. The van der Waals surface area contributed by atoms with Crippen molar-refractivity contribution in [3.63, 3.8) is 0 Å². The van der Waals surface area contributed by atoms with E-state index in [2.05, 4.69) is 13.8 Å². The van der Waals surface area contributed by atoms with Gasteiger partial charge in [0.1, 0.15) is 0 Å². The Morgan fingerprint density at radius 1 is 0.895 bits per heavy atom. The summed E-state index contributed by atoms with van der Waals surface area (Å²) >= 11 is 0. The summed E-state index contributed by atoms with van der Waals surface area (Å²) in [5.74, 6) is 0. The SMILES string of the molecule is [2H]C(OCCCCC)(OCCCCC)c1ccccc1. The van der Waals surface area contributed by atoms with Crippen LogP contribution in [0.4, 0.5) is 0 Å². The van der Waals surface area contributed by atoms with Crippen molar-refractivity contribution < 1.29 is 10.8 Å². The molecule has 0 aromatic heterocycles. The van der Waals surface area contributed by atoms with Gasteiger partial charge < -0.3 is 9.47 Å². The van der Waals surface area contributed by atoms with Crippen LogP contribution < -0.4 is 0 Å². The van der Waals surface area contributed by atoms with Crippen LogP contribution in [0.2, 0.25) is 0 Å². The Morgan fingerprint density at radius 2 is 1.42 bits per heavy atom. The minimum absolute atomic E-state index is 0.569. The van der Waals surface area contributed by atoms with Crippen LogP contribution in [0, 0.1) is 0 Å². The molecule has 0 aliphatic rings. The zero-order valence-electron chi connectivity index (χ0n) is 13.4. The van der Waals surface area contributed by atoms with Crippen molar-refractivity contribution in [1.82, 2.24) is 0 Å². The minimum Gasteiger partial charge on any atom is -0.348 e. The maximum Gasteiger partial charge on any atom is 0.183 e. The van der Waals surface area contributed by atoms with Crippen molar-refractivity contribution in [1.29, 1.82) is 0 Å². The lowest BCUT2D eigenvalue weighted by Crippen LogP contribution is -2.11. The molecule has 108 valence electrons. The van der Waals surface area contributed by atoms with Gasteiger partial charge in [-0.05, 0) is 12.8 Å². The van der Waals surface area contributed by atoms with Crippen molar-refractivity contribution in [2.24, 2.45) is 0 Å². The maximum absolute atomic E-state index is 8.49. The smallest absolute Gasteiger partial charge is 0.183 e. The molecule has 0 fully saturated rings. The molecule has 2 heteroatoms. The summed E-state index contributed by atoms with van der Waals surface area (Å²) in [5, 5.41) is 0. The summed E-state index contributed by atoms with van der Waals surface area (Å²) in [6, 6.07) is 9.57. The van der Waals surface area contributed by atoms with E-state index in [0.29, 0.717) is 13.2 Å². The normalized spacial score (nSPS) is 12.4. The summed E-state index contributed by atoms with van der Waals surface area (Å²) in [5.41, 5.74) is 0.771. The lowest BCUT2D eigenvalue weighted by Gasteiger charge is -2.19. The Labute approximate surface area is 119 Å². The molecule has 0 saturated heterocycles. The highest BCUT2D eigenvalue weighted by molar-refractivity contribution is 5.15. The molecule has 1 rings (SSSR count). The summed E-state index contributed by atoms with van der Waals surface area (Å²) in [7, 11) is 0. The number of unbranched alkanes of at least 4 members (excludes halogenated alkanes) is 4. The van der Waals surface area contributed by atoms with E-state index in [4.69, 9.17) is 10.8 Å². The lowest BCUT2D eigenvalue weighted by atomic mass is 10.2. The first-order valence-corrected chi connectivity index (χ1v) is 7.56. The van der Waals surface area contributed by atoms with Gasteiger partial charge in [0.25, 0.3) is 0 Å². The Kier molecular flexibility index (Phi) is 8.43. The van der Waals surface area contributed by atoms with Crippen LogP contribution in [0.1, 0.15) is 65.6 Å². The van der Waals surface area contributed by atoms with Crippen LogP contribution >= 0.6 is 0 Å². The van der Waals surface area contributed by atoms with Gasteiger partial charge in [0, 0.05) is 5.56 Å². The summed E-state index contributed by atoms with van der Waals surface area (Å²) in [6.07, 6.45) is 5.14. The highest BCUT2D eigenvalue weighted by Gasteiger charge is 2.11. The largest absolute Gasteiger partial charge is 0.348 e. The Bertz CT molecular complexity index is 328. The van der Waals surface area contributed by atoms with Gasteiger partial charge in [0.15, 0.2) is 6.27 Å². The third kappa shape index (κ3) is 7.34. The summed E-state index contributed by atoms with van der Waals surface area (Å²) in [6.45, 7) is 5.46. The second-order valence-corrected chi connectivity index (χ2v) is 4.76. The number of hydrogen-bond donors (Lipinski definition) is 0.